The topological polar surface area (TPSA) is 105 Å². The molecule has 0 atom stereocenters. The van der Waals surface area contributed by atoms with Crippen molar-refractivity contribution in [3.8, 4) is 11.1 Å². The highest BCUT2D eigenvalue weighted by Crippen LogP contribution is 2.37. The lowest BCUT2D eigenvalue weighted by molar-refractivity contribution is 0.256. The van der Waals surface area contributed by atoms with Gasteiger partial charge in [0, 0.05) is 18.0 Å². The van der Waals surface area contributed by atoms with Crippen LogP contribution in [0.1, 0.15) is 36.5 Å². The van der Waals surface area contributed by atoms with Gasteiger partial charge in [0.2, 0.25) is 10.0 Å². The minimum Gasteiger partial charge on any atom is -0.361 e. The molecular formula is C23H23N5O3S. The minimum absolute atomic E-state index is 0.0538. The van der Waals surface area contributed by atoms with Crippen LogP contribution in [0, 0.1) is 13.5 Å². The molecule has 3 rings (SSSR count). The summed E-state index contributed by atoms with van der Waals surface area (Å²) in [6.45, 7) is 13.1. The van der Waals surface area contributed by atoms with E-state index in [1.165, 1.54) is 12.4 Å². The van der Waals surface area contributed by atoms with Crippen molar-refractivity contribution in [2.24, 2.45) is 0 Å². The van der Waals surface area contributed by atoms with Crippen molar-refractivity contribution in [1.82, 2.24) is 14.7 Å². The maximum absolute atomic E-state index is 12.7. The van der Waals surface area contributed by atoms with Gasteiger partial charge < -0.3 is 10.2 Å². The third-order valence-corrected chi connectivity index (χ3v) is 5.88. The Labute approximate surface area is 187 Å². The largest absolute Gasteiger partial charge is 0.361 e. The summed E-state index contributed by atoms with van der Waals surface area (Å²) in [6.07, 6.45) is 4.51. The average molecular weight is 450 g/mol. The van der Waals surface area contributed by atoms with Crippen molar-refractivity contribution < 1.29 is 13.2 Å². The SMILES string of the molecule is [C-]#[N+]c1cc(-c2cc(C)cc(C(C)C)c2NC(=O)NS(=O)(=O)Cc2cccnc2)ccn1. The van der Waals surface area contributed by atoms with Crippen LogP contribution in [0.4, 0.5) is 16.3 Å². The summed E-state index contributed by atoms with van der Waals surface area (Å²) in [5.74, 6) is -0.0900. The van der Waals surface area contributed by atoms with Crippen molar-refractivity contribution >= 4 is 27.6 Å². The summed E-state index contributed by atoms with van der Waals surface area (Å²) >= 11 is 0. The van der Waals surface area contributed by atoms with E-state index in [0.29, 0.717) is 22.4 Å². The number of aryl methyl sites for hydroxylation is 1. The molecule has 0 radical (unpaired) electrons. The molecule has 0 aliphatic rings. The van der Waals surface area contributed by atoms with Crippen LogP contribution in [0.2, 0.25) is 0 Å². The third kappa shape index (κ3) is 5.68. The van der Waals surface area contributed by atoms with Crippen LogP contribution in [0.3, 0.4) is 0 Å². The molecule has 0 saturated carbocycles. The van der Waals surface area contributed by atoms with E-state index in [1.54, 1.807) is 30.5 Å². The predicted molar refractivity (Wildman–Crippen MR) is 124 cm³/mol. The number of carbonyl (C=O) groups is 1. The number of carbonyl (C=O) groups excluding carboxylic acids is 1. The van der Waals surface area contributed by atoms with Gasteiger partial charge in [0.25, 0.3) is 5.82 Å². The number of benzene rings is 1. The average Bonchev–Trinajstić information content (AvgIpc) is 2.74. The van der Waals surface area contributed by atoms with Crippen LogP contribution in [-0.2, 0) is 15.8 Å². The van der Waals surface area contributed by atoms with Crippen LogP contribution < -0.4 is 10.0 Å². The number of hydrogen-bond donors (Lipinski definition) is 2. The van der Waals surface area contributed by atoms with Gasteiger partial charge >= 0.3 is 6.03 Å². The van der Waals surface area contributed by atoms with E-state index >= 15 is 0 Å². The van der Waals surface area contributed by atoms with Crippen LogP contribution in [0.25, 0.3) is 16.0 Å². The normalized spacial score (nSPS) is 11.1. The molecule has 32 heavy (non-hydrogen) atoms. The molecule has 164 valence electrons. The summed E-state index contributed by atoms with van der Waals surface area (Å²) in [4.78, 5) is 24.0. The minimum atomic E-state index is -3.94. The number of pyridine rings is 2. The standard InChI is InChI=1S/C23H23N5O3S/c1-15(2)19-10-16(3)11-20(18-7-9-26-21(12-18)24-4)22(19)27-23(29)28-32(30,31)14-17-6-5-8-25-13-17/h5-13,15H,14H2,1-3H3,(H2,27,28,29). The summed E-state index contributed by atoms with van der Waals surface area (Å²) in [6, 6.07) is 9.60. The molecule has 2 N–H and O–H groups in total. The highest BCUT2D eigenvalue weighted by Gasteiger charge is 2.20. The first-order chi connectivity index (χ1) is 15.2. The zero-order valence-electron chi connectivity index (χ0n) is 18.0. The number of nitrogens with one attached hydrogen (secondary N) is 2. The van der Waals surface area contributed by atoms with Crippen molar-refractivity contribution in [3.05, 3.63) is 83.1 Å². The number of sulfonamides is 1. The van der Waals surface area contributed by atoms with E-state index in [2.05, 4.69) is 24.9 Å². The fraction of sp³-hybridized carbons (Fsp3) is 0.217. The van der Waals surface area contributed by atoms with Gasteiger partial charge in [-0.25, -0.2) is 17.9 Å². The molecule has 2 amide bonds. The Morgan fingerprint density at radius 3 is 2.62 bits per heavy atom. The molecule has 0 aliphatic carbocycles. The van der Waals surface area contributed by atoms with Crippen LogP contribution in [0.5, 0.6) is 0 Å². The second-order valence-corrected chi connectivity index (χ2v) is 9.34. The molecule has 0 spiro atoms. The number of aromatic nitrogens is 2. The fourth-order valence-electron chi connectivity index (χ4n) is 3.30. The maximum Gasteiger partial charge on any atom is 0.332 e. The Bertz CT molecular complexity index is 1280. The number of urea groups is 1. The summed E-state index contributed by atoms with van der Waals surface area (Å²) in [5.41, 5.74) is 4.16. The van der Waals surface area contributed by atoms with Gasteiger partial charge in [0.05, 0.1) is 11.4 Å². The lowest BCUT2D eigenvalue weighted by Crippen LogP contribution is -2.35. The molecule has 1 aromatic carbocycles. The third-order valence-electron chi connectivity index (χ3n) is 4.67. The van der Waals surface area contributed by atoms with Gasteiger partial charge in [-0.1, -0.05) is 38.1 Å². The zero-order chi connectivity index (χ0) is 23.3. The van der Waals surface area contributed by atoms with E-state index in [9.17, 15) is 13.2 Å². The second kappa shape index (κ2) is 9.58. The highest BCUT2D eigenvalue weighted by atomic mass is 32.2. The highest BCUT2D eigenvalue weighted by molar-refractivity contribution is 7.89. The molecule has 2 heterocycles. The molecule has 3 aromatic rings. The molecule has 2 aromatic heterocycles. The summed E-state index contributed by atoms with van der Waals surface area (Å²) < 4.78 is 27.0. The molecule has 0 unspecified atom stereocenters. The Kier molecular flexibility index (Phi) is 6.85. The van der Waals surface area contributed by atoms with E-state index in [0.717, 1.165) is 11.1 Å². The number of nitrogens with zero attached hydrogens (tertiary/aromatic N) is 3. The van der Waals surface area contributed by atoms with Gasteiger partial charge in [0.15, 0.2) is 0 Å². The number of hydrogen-bond acceptors (Lipinski definition) is 5. The zero-order valence-corrected chi connectivity index (χ0v) is 18.8. The Balaban J connectivity index is 1.95. The molecule has 9 heteroatoms. The first-order valence-corrected chi connectivity index (χ1v) is 11.5. The maximum atomic E-state index is 12.7. The molecular weight excluding hydrogens is 426 g/mol. The van der Waals surface area contributed by atoms with Gasteiger partial charge in [-0.3, -0.25) is 4.98 Å². The van der Waals surface area contributed by atoms with Crippen LogP contribution >= 0.6 is 0 Å². The quantitative estimate of drug-likeness (QED) is 0.527. The molecule has 0 fully saturated rings. The number of amides is 2. The van der Waals surface area contributed by atoms with Gasteiger partial charge in [-0.05, 0) is 53.8 Å². The molecule has 0 bridgehead atoms. The van der Waals surface area contributed by atoms with E-state index in [4.69, 9.17) is 6.57 Å². The predicted octanol–water partition coefficient (Wildman–Crippen LogP) is 4.78. The molecule has 0 aliphatic heterocycles. The van der Waals surface area contributed by atoms with Gasteiger partial charge in [-0.15, -0.1) is 4.98 Å². The monoisotopic (exact) mass is 449 g/mol. The second-order valence-electron chi connectivity index (χ2n) is 7.62. The smallest absolute Gasteiger partial charge is 0.332 e. The number of rotatable bonds is 6. The molecule has 8 nitrogen and oxygen atoms in total. The van der Waals surface area contributed by atoms with E-state index in [1.807, 2.05) is 32.9 Å². The molecule has 0 saturated heterocycles. The van der Waals surface area contributed by atoms with Gasteiger partial charge in [-0.2, -0.15) is 0 Å². The van der Waals surface area contributed by atoms with E-state index in [-0.39, 0.29) is 17.5 Å². The lowest BCUT2D eigenvalue weighted by atomic mass is 9.92. The van der Waals surface area contributed by atoms with Gasteiger partial charge in [0.1, 0.15) is 6.20 Å². The lowest BCUT2D eigenvalue weighted by Gasteiger charge is -2.20. The van der Waals surface area contributed by atoms with Crippen molar-refractivity contribution in [2.45, 2.75) is 32.4 Å². The van der Waals surface area contributed by atoms with Crippen LogP contribution in [0.15, 0.2) is 55.0 Å². The summed E-state index contributed by atoms with van der Waals surface area (Å²) in [5, 5.41) is 2.72. The van der Waals surface area contributed by atoms with Crippen molar-refractivity contribution in [3.63, 3.8) is 0 Å². The Hall–Kier alpha value is -3.77. The summed E-state index contributed by atoms with van der Waals surface area (Å²) in [7, 11) is -3.94. The van der Waals surface area contributed by atoms with Crippen LogP contribution in [-0.4, -0.2) is 24.4 Å². The van der Waals surface area contributed by atoms with Crippen molar-refractivity contribution in [2.75, 3.05) is 5.32 Å². The van der Waals surface area contributed by atoms with Crippen molar-refractivity contribution in [1.29, 1.82) is 0 Å². The first-order valence-electron chi connectivity index (χ1n) is 9.87. The first kappa shape index (κ1) is 22.9. The Morgan fingerprint density at radius 2 is 1.97 bits per heavy atom. The van der Waals surface area contributed by atoms with E-state index < -0.39 is 16.1 Å². The number of anilines is 1. The Morgan fingerprint density at radius 1 is 1.19 bits per heavy atom. The fourth-order valence-corrected chi connectivity index (χ4v) is 4.32.